The highest BCUT2D eigenvalue weighted by Crippen LogP contribution is 2.35. The molecule has 0 aliphatic heterocycles. The van der Waals surface area contributed by atoms with Crippen LogP contribution >= 0.6 is 0 Å². The van der Waals surface area contributed by atoms with Crippen LogP contribution in [0.4, 0.5) is 17.2 Å². The van der Waals surface area contributed by atoms with Crippen LogP contribution in [0.2, 0.25) is 0 Å². The van der Waals surface area contributed by atoms with Crippen LogP contribution in [0, 0.1) is 0 Å². The number of fused-ring (bicyclic) bond motifs is 1. The predicted molar refractivity (Wildman–Crippen MR) is 139 cm³/mol. The van der Waals surface area contributed by atoms with Crippen LogP contribution in [0.3, 0.4) is 0 Å². The smallest absolute Gasteiger partial charge is 0.166 e. The lowest BCUT2D eigenvalue weighted by Crippen LogP contribution is -2.05. The number of para-hydroxylation sites is 1. The fourth-order valence-corrected chi connectivity index (χ4v) is 3.94. The summed E-state index contributed by atoms with van der Waals surface area (Å²) in [6.07, 6.45) is 6.03. The SMILES string of the molecule is CCCCNc1ccc(-c2cc3c(Nc4ccccc4)c(C(=O)CC)cnc3cc2CO)cn1. The number of ketones is 1. The molecule has 0 radical (unpaired) electrons. The quantitative estimate of drug-likeness (QED) is 0.191. The van der Waals surface area contributed by atoms with Gasteiger partial charge in [-0.1, -0.05) is 38.5 Å². The van der Waals surface area contributed by atoms with Crippen LogP contribution < -0.4 is 10.6 Å². The molecular formula is C28H30N4O2. The minimum atomic E-state index is -0.124. The van der Waals surface area contributed by atoms with Gasteiger partial charge in [0.25, 0.3) is 0 Å². The van der Waals surface area contributed by atoms with Gasteiger partial charge in [-0.2, -0.15) is 0 Å². The van der Waals surface area contributed by atoms with E-state index in [1.165, 1.54) is 0 Å². The van der Waals surface area contributed by atoms with Crippen molar-refractivity contribution >= 4 is 33.9 Å². The van der Waals surface area contributed by atoms with Crippen LogP contribution in [0.15, 0.2) is 67.0 Å². The average molecular weight is 455 g/mol. The van der Waals surface area contributed by atoms with Gasteiger partial charge in [-0.15, -0.1) is 0 Å². The zero-order valence-electron chi connectivity index (χ0n) is 19.6. The first kappa shape index (κ1) is 23.4. The Hall–Kier alpha value is -3.77. The van der Waals surface area contributed by atoms with Crippen molar-refractivity contribution in [2.75, 3.05) is 17.2 Å². The fraction of sp³-hybridized carbons (Fsp3) is 0.250. The third kappa shape index (κ3) is 5.07. The summed E-state index contributed by atoms with van der Waals surface area (Å²) < 4.78 is 0. The number of anilines is 3. The maximum Gasteiger partial charge on any atom is 0.166 e. The van der Waals surface area contributed by atoms with Crippen molar-refractivity contribution in [3.63, 3.8) is 0 Å². The van der Waals surface area contributed by atoms with E-state index in [-0.39, 0.29) is 12.4 Å². The number of aromatic nitrogens is 2. The molecule has 6 nitrogen and oxygen atoms in total. The van der Waals surface area contributed by atoms with Crippen LogP contribution in [0.25, 0.3) is 22.0 Å². The molecule has 2 heterocycles. The molecular weight excluding hydrogens is 424 g/mol. The van der Waals surface area contributed by atoms with Crippen molar-refractivity contribution < 1.29 is 9.90 Å². The van der Waals surface area contributed by atoms with E-state index in [1.54, 1.807) is 6.20 Å². The number of pyridine rings is 2. The van der Waals surface area contributed by atoms with Gasteiger partial charge in [0.15, 0.2) is 5.78 Å². The van der Waals surface area contributed by atoms with Gasteiger partial charge < -0.3 is 15.7 Å². The number of hydrogen-bond donors (Lipinski definition) is 3. The van der Waals surface area contributed by atoms with Gasteiger partial charge in [0, 0.05) is 42.0 Å². The van der Waals surface area contributed by atoms with Crippen molar-refractivity contribution in [1.29, 1.82) is 0 Å². The normalized spacial score (nSPS) is 10.9. The summed E-state index contributed by atoms with van der Waals surface area (Å²) in [5.74, 6) is 0.845. The lowest BCUT2D eigenvalue weighted by Gasteiger charge is -2.17. The number of carbonyl (C=O) groups is 1. The van der Waals surface area contributed by atoms with Crippen molar-refractivity contribution in [3.05, 3.63) is 78.1 Å². The molecule has 0 aliphatic rings. The lowest BCUT2D eigenvalue weighted by atomic mass is 9.96. The molecule has 0 atom stereocenters. The molecule has 4 aromatic rings. The highest BCUT2D eigenvalue weighted by atomic mass is 16.3. The molecule has 2 aromatic carbocycles. The van der Waals surface area contributed by atoms with Gasteiger partial charge in [0.2, 0.25) is 0 Å². The maximum atomic E-state index is 12.8. The van der Waals surface area contributed by atoms with Gasteiger partial charge >= 0.3 is 0 Å². The molecule has 0 saturated carbocycles. The minimum Gasteiger partial charge on any atom is -0.392 e. The van der Waals surface area contributed by atoms with E-state index in [0.29, 0.717) is 17.5 Å². The van der Waals surface area contributed by atoms with Crippen molar-refractivity contribution in [3.8, 4) is 11.1 Å². The number of aliphatic hydroxyl groups excluding tert-OH is 1. The topological polar surface area (TPSA) is 87.1 Å². The standard InChI is InChI=1S/C28H30N4O2/c1-3-5-13-29-27-12-11-19(16-31-27)22-15-23-25(14-20(22)18-33)30-17-24(26(34)4-2)28(23)32-21-9-7-6-8-10-21/h6-12,14-17,33H,3-5,13,18H2,1-2H3,(H,29,31)(H,30,32). The fourth-order valence-electron chi connectivity index (χ4n) is 3.94. The monoisotopic (exact) mass is 454 g/mol. The Balaban J connectivity index is 1.83. The number of Topliss-reactive ketones (excluding diaryl/α,β-unsaturated/α-hetero) is 1. The van der Waals surface area contributed by atoms with Crippen LogP contribution in [-0.2, 0) is 6.61 Å². The second kappa shape index (κ2) is 10.9. The van der Waals surface area contributed by atoms with E-state index in [9.17, 15) is 9.90 Å². The third-order valence-electron chi connectivity index (χ3n) is 5.84. The Bertz CT molecular complexity index is 1270. The van der Waals surface area contributed by atoms with Gasteiger partial charge in [0.05, 0.1) is 23.4 Å². The number of nitrogens with zero attached hydrogens (tertiary/aromatic N) is 2. The number of hydrogen-bond acceptors (Lipinski definition) is 6. The highest BCUT2D eigenvalue weighted by Gasteiger charge is 2.17. The van der Waals surface area contributed by atoms with E-state index in [2.05, 4.69) is 27.5 Å². The van der Waals surface area contributed by atoms with E-state index < -0.39 is 0 Å². The number of benzene rings is 2. The zero-order valence-corrected chi connectivity index (χ0v) is 19.6. The highest BCUT2D eigenvalue weighted by molar-refractivity contribution is 6.09. The molecule has 34 heavy (non-hydrogen) atoms. The summed E-state index contributed by atoms with van der Waals surface area (Å²) >= 11 is 0. The zero-order chi connectivity index (χ0) is 23.9. The Morgan fingerprint density at radius 3 is 2.50 bits per heavy atom. The van der Waals surface area contributed by atoms with Crippen molar-refractivity contribution in [1.82, 2.24) is 9.97 Å². The second-order valence-corrected chi connectivity index (χ2v) is 8.21. The Labute approximate surface area is 200 Å². The summed E-state index contributed by atoms with van der Waals surface area (Å²) in [7, 11) is 0. The molecule has 0 fully saturated rings. The van der Waals surface area contributed by atoms with Gasteiger partial charge in [0.1, 0.15) is 5.82 Å². The summed E-state index contributed by atoms with van der Waals surface area (Å²) in [5, 5.41) is 17.7. The maximum absolute atomic E-state index is 12.8. The molecule has 2 aromatic heterocycles. The average Bonchev–Trinajstić information content (AvgIpc) is 2.89. The predicted octanol–water partition coefficient (Wildman–Crippen LogP) is 6.34. The largest absolute Gasteiger partial charge is 0.392 e. The van der Waals surface area contributed by atoms with Gasteiger partial charge in [-0.05, 0) is 53.9 Å². The molecule has 174 valence electrons. The molecule has 0 amide bonds. The molecule has 0 bridgehead atoms. The third-order valence-corrected chi connectivity index (χ3v) is 5.84. The summed E-state index contributed by atoms with van der Waals surface area (Å²) in [5.41, 5.74) is 5.39. The molecule has 0 saturated heterocycles. The first-order chi connectivity index (χ1) is 16.6. The minimum absolute atomic E-state index is 0.0183. The van der Waals surface area contributed by atoms with E-state index >= 15 is 0 Å². The van der Waals surface area contributed by atoms with Crippen LogP contribution in [0.5, 0.6) is 0 Å². The van der Waals surface area contributed by atoms with E-state index in [1.807, 2.05) is 67.7 Å². The second-order valence-electron chi connectivity index (χ2n) is 8.21. The number of unbranched alkanes of at least 4 members (excludes halogenated alkanes) is 1. The Kier molecular flexibility index (Phi) is 7.50. The van der Waals surface area contributed by atoms with E-state index in [4.69, 9.17) is 0 Å². The number of nitrogens with one attached hydrogen (secondary N) is 2. The molecule has 6 heteroatoms. The van der Waals surface area contributed by atoms with Gasteiger partial charge in [-0.3, -0.25) is 9.78 Å². The first-order valence-corrected chi connectivity index (χ1v) is 11.8. The van der Waals surface area contributed by atoms with Crippen LogP contribution in [0.1, 0.15) is 49.0 Å². The molecule has 4 rings (SSSR count). The number of carbonyl (C=O) groups excluding carboxylic acids is 1. The van der Waals surface area contributed by atoms with Crippen LogP contribution in [-0.4, -0.2) is 27.4 Å². The molecule has 0 aliphatic carbocycles. The summed E-state index contributed by atoms with van der Waals surface area (Å²) in [6, 6.07) is 17.6. The lowest BCUT2D eigenvalue weighted by molar-refractivity contribution is 0.0988. The summed E-state index contributed by atoms with van der Waals surface area (Å²) in [4.78, 5) is 21.9. The van der Waals surface area contributed by atoms with E-state index in [0.717, 1.165) is 58.7 Å². The van der Waals surface area contributed by atoms with Gasteiger partial charge in [-0.25, -0.2) is 4.98 Å². The number of rotatable bonds is 10. The first-order valence-electron chi connectivity index (χ1n) is 11.8. The summed E-state index contributed by atoms with van der Waals surface area (Å²) in [6.45, 7) is 4.76. The Morgan fingerprint density at radius 2 is 1.82 bits per heavy atom. The molecule has 0 unspecified atom stereocenters. The number of aliphatic hydroxyl groups is 1. The molecule has 0 spiro atoms. The molecule has 3 N–H and O–H groups in total. The van der Waals surface area contributed by atoms with Crippen molar-refractivity contribution in [2.45, 2.75) is 39.7 Å². The Morgan fingerprint density at radius 1 is 1.00 bits per heavy atom. The van der Waals surface area contributed by atoms with Crippen molar-refractivity contribution in [2.24, 2.45) is 0 Å².